The van der Waals surface area contributed by atoms with Gasteiger partial charge in [0.05, 0.1) is 6.67 Å². The molecule has 0 bridgehead atoms. The number of aliphatic hydroxyl groups excluding tert-OH is 1. The molecule has 0 amide bonds. The summed E-state index contributed by atoms with van der Waals surface area (Å²) in [4.78, 5) is 0. The highest BCUT2D eigenvalue weighted by atomic mass is 19.1. The first-order valence-corrected chi connectivity index (χ1v) is 2.19. The number of alkyl halides is 1. The highest BCUT2D eigenvalue weighted by molar-refractivity contribution is 4.36. The molecule has 0 unspecified atom stereocenters. The first-order chi connectivity index (χ1) is 3.27. The summed E-state index contributed by atoms with van der Waals surface area (Å²) in [6.07, 6.45) is -0.968. The Bertz CT molecular complexity index is 38.7. The van der Waals surface area contributed by atoms with Crippen molar-refractivity contribution < 1.29 is 14.6 Å². The fraction of sp³-hybridized carbons (Fsp3) is 1.00. The van der Waals surface area contributed by atoms with Gasteiger partial charge in [-0.05, 0) is 6.42 Å². The molecule has 2 N–H and O–H groups in total. The Balaban J connectivity index is 2.68. The zero-order valence-electron chi connectivity index (χ0n) is 3.97. The molecule has 2 nitrogen and oxygen atoms in total. The van der Waals surface area contributed by atoms with E-state index in [-0.39, 0.29) is 12.8 Å². The van der Waals surface area contributed by atoms with Crippen LogP contribution in [0, 0.1) is 0 Å². The van der Waals surface area contributed by atoms with E-state index >= 15 is 0 Å². The van der Waals surface area contributed by atoms with Gasteiger partial charge >= 0.3 is 0 Å². The van der Waals surface area contributed by atoms with Crippen molar-refractivity contribution in [2.45, 2.75) is 19.1 Å². The summed E-state index contributed by atoms with van der Waals surface area (Å²) in [5.41, 5.74) is 0. The molecule has 0 aromatic carbocycles. The van der Waals surface area contributed by atoms with Crippen LogP contribution in [0.25, 0.3) is 0 Å². The van der Waals surface area contributed by atoms with Crippen LogP contribution in [-0.2, 0) is 0 Å². The van der Waals surface area contributed by atoms with Crippen LogP contribution in [0.4, 0.5) is 4.39 Å². The van der Waals surface area contributed by atoms with Crippen molar-refractivity contribution in [3.63, 3.8) is 0 Å². The third-order valence-electron chi connectivity index (χ3n) is 0.596. The lowest BCUT2D eigenvalue weighted by molar-refractivity contribution is -0.0471. The minimum atomic E-state index is -1.34. The topological polar surface area (TPSA) is 40.5 Å². The lowest BCUT2D eigenvalue weighted by atomic mass is 10.3. The molecular weight excluding hydrogens is 99.0 g/mol. The summed E-state index contributed by atoms with van der Waals surface area (Å²) in [6.45, 7) is -0.475. The molecule has 0 aliphatic rings. The molecule has 0 atom stereocenters. The minimum absolute atomic E-state index is 0.135. The molecule has 0 rings (SSSR count). The largest absolute Gasteiger partial charge is 0.368 e. The van der Waals surface area contributed by atoms with E-state index in [2.05, 4.69) is 0 Å². The second-order valence-electron chi connectivity index (χ2n) is 1.31. The molecule has 0 aromatic rings. The summed E-state index contributed by atoms with van der Waals surface area (Å²) >= 11 is 0. The van der Waals surface area contributed by atoms with Crippen LogP contribution in [0.3, 0.4) is 0 Å². The van der Waals surface area contributed by atoms with Gasteiger partial charge in [0.2, 0.25) is 0 Å². The van der Waals surface area contributed by atoms with Gasteiger partial charge < -0.3 is 10.2 Å². The molecule has 3 heteroatoms. The van der Waals surface area contributed by atoms with Crippen molar-refractivity contribution >= 4 is 0 Å². The Morgan fingerprint density at radius 1 is 1.43 bits per heavy atom. The van der Waals surface area contributed by atoms with Gasteiger partial charge in [0.15, 0.2) is 6.29 Å². The molecule has 0 aromatic heterocycles. The summed E-state index contributed by atoms with van der Waals surface area (Å²) in [7, 11) is 0. The maximum Gasteiger partial charge on any atom is 0.151 e. The molecule has 7 heavy (non-hydrogen) atoms. The van der Waals surface area contributed by atoms with E-state index in [9.17, 15) is 4.39 Å². The van der Waals surface area contributed by atoms with Crippen LogP contribution in [0.15, 0.2) is 0 Å². The Morgan fingerprint density at radius 2 is 2.00 bits per heavy atom. The first-order valence-electron chi connectivity index (χ1n) is 2.19. The number of rotatable bonds is 3. The van der Waals surface area contributed by atoms with E-state index < -0.39 is 13.0 Å². The van der Waals surface area contributed by atoms with E-state index in [1.807, 2.05) is 0 Å². The summed E-state index contributed by atoms with van der Waals surface area (Å²) in [5.74, 6) is 0. The molecule has 0 radical (unpaired) electrons. The molecule has 0 fully saturated rings. The van der Waals surface area contributed by atoms with Crippen molar-refractivity contribution in [1.82, 2.24) is 0 Å². The maximum absolute atomic E-state index is 11.1. The first kappa shape index (κ1) is 6.85. The second kappa shape index (κ2) is 4.02. The van der Waals surface area contributed by atoms with Gasteiger partial charge in [0.25, 0.3) is 0 Å². The monoisotopic (exact) mass is 108 g/mol. The van der Waals surface area contributed by atoms with Gasteiger partial charge in [-0.25, -0.2) is 0 Å². The van der Waals surface area contributed by atoms with E-state index in [0.29, 0.717) is 0 Å². The third kappa shape index (κ3) is 5.85. The number of hydrogen-bond acceptors (Lipinski definition) is 2. The van der Waals surface area contributed by atoms with E-state index in [4.69, 9.17) is 10.2 Å². The summed E-state index contributed by atoms with van der Waals surface area (Å²) in [6, 6.07) is 0. The van der Waals surface area contributed by atoms with Gasteiger partial charge in [-0.15, -0.1) is 0 Å². The normalized spacial score (nSPS) is 10.3. The van der Waals surface area contributed by atoms with Crippen molar-refractivity contribution in [1.29, 1.82) is 0 Å². The van der Waals surface area contributed by atoms with E-state index in [0.717, 1.165) is 0 Å². The molecule has 0 heterocycles. The molecule has 0 saturated heterocycles. The van der Waals surface area contributed by atoms with Crippen LogP contribution in [0.1, 0.15) is 12.8 Å². The smallest absolute Gasteiger partial charge is 0.151 e. The van der Waals surface area contributed by atoms with Crippen LogP contribution < -0.4 is 0 Å². The highest BCUT2D eigenvalue weighted by Crippen LogP contribution is 1.91. The zero-order chi connectivity index (χ0) is 5.70. The average Bonchev–Trinajstić information content (AvgIpc) is 1.61. The second-order valence-corrected chi connectivity index (χ2v) is 1.31. The maximum atomic E-state index is 11.1. The lowest BCUT2D eigenvalue weighted by Crippen LogP contribution is -2.03. The predicted octanol–water partition coefficient (Wildman–Crippen LogP) is 0.0468. The Labute approximate surface area is 41.6 Å². The van der Waals surface area contributed by atoms with Gasteiger partial charge in [-0.1, -0.05) is 0 Å². The Kier molecular flexibility index (Phi) is 3.93. The molecule has 44 valence electrons. The van der Waals surface area contributed by atoms with Crippen LogP contribution in [-0.4, -0.2) is 23.2 Å². The van der Waals surface area contributed by atoms with E-state index in [1.54, 1.807) is 0 Å². The molecule has 0 aliphatic heterocycles. The van der Waals surface area contributed by atoms with Gasteiger partial charge in [-0.2, -0.15) is 0 Å². The van der Waals surface area contributed by atoms with Crippen LogP contribution in [0.2, 0.25) is 0 Å². The zero-order valence-corrected chi connectivity index (χ0v) is 3.97. The average molecular weight is 108 g/mol. The van der Waals surface area contributed by atoms with Crippen molar-refractivity contribution in [2.75, 3.05) is 6.67 Å². The minimum Gasteiger partial charge on any atom is -0.368 e. The fourth-order valence-corrected chi connectivity index (χ4v) is 0.260. The van der Waals surface area contributed by atoms with Gasteiger partial charge in [0.1, 0.15) is 0 Å². The molecule has 0 saturated carbocycles. The lowest BCUT2D eigenvalue weighted by Gasteiger charge is -1.96. The third-order valence-corrected chi connectivity index (χ3v) is 0.596. The summed E-state index contributed by atoms with van der Waals surface area (Å²) in [5, 5.41) is 16.1. The van der Waals surface area contributed by atoms with Gasteiger partial charge in [-0.3, -0.25) is 4.39 Å². The predicted molar refractivity (Wildman–Crippen MR) is 23.4 cm³/mol. The van der Waals surface area contributed by atoms with E-state index in [1.165, 1.54) is 0 Å². The molecular formula is C4H9FO2. The Hall–Kier alpha value is -0.150. The van der Waals surface area contributed by atoms with Gasteiger partial charge in [0, 0.05) is 6.42 Å². The number of hydrogen-bond donors (Lipinski definition) is 2. The van der Waals surface area contributed by atoms with Crippen molar-refractivity contribution in [3.8, 4) is 0 Å². The van der Waals surface area contributed by atoms with Crippen molar-refractivity contribution in [3.05, 3.63) is 0 Å². The van der Waals surface area contributed by atoms with Crippen LogP contribution in [0.5, 0.6) is 0 Å². The molecule has 0 spiro atoms. The number of halogens is 1. The Morgan fingerprint density at radius 3 is 2.14 bits per heavy atom. The fourth-order valence-electron chi connectivity index (χ4n) is 0.260. The number of aliphatic hydroxyl groups is 2. The summed E-state index contributed by atoms with van der Waals surface area (Å²) < 4.78 is 11.1. The standard InChI is InChI=1S/C4H9FO2/c5-3-1-2-4(6)7/h4,6-7H,1-3H2. The molecule has 0 aliphatic carbocycles. The quantitative estimate of drug-likeness (QED) is 0.501. The SMILES string of the molecule is OC(O)CCCF. The van der Waals surface area contributed by atoms with Crippen LogP contribution >= 0.6 is 0 Å². The highest BCUT2D eigenvalue weighted by Gasteiger charge is 1.93. The van der Waals surface area contributed by atoms with Crippen molar-refractivity contribution in [2.24, 2.45) is 0 Å².